The molecule has 39 heavy (non-hydrogen) atoms. The van der Waals surface area contributed by atoms with Crippen molar-refractivity contribution in [1.82, 2.24) is 14.1 Å². The monoisotopic (exact) mass is 554 g/mol. The first-order valence-electron chi connectivity index (χ1n) is 12.7. The maximum atomic E-state index is 13.8. The van der Waals surface area contributed by atoms with Gasteiger partial charge in [0, 0.05) is 30.3 Å². The third-order valence-electron chi connectivity index (χ3n) is 6.82. The minimum atomic E-state index is -4.06. The molecule has 2 aromatic carbocycles. The van der Waals surface area contributed by atoms with Crippen LogP contribution in [0.2, 0.25) is 0 Å². The van der Waals surface area contributed by atoms with Crippen molar-refractivity contribution in [2.45, 2.75) is 38.5 Å². The van der Waals surface area contributed by atoms with Gasteiger partial charge in [-0.2, -0.15) is 14.1 Å². The summed E-state index contributed by atoms with van der Waals surface area (Å²) in [5.41, 5.74) is 2.71. The zero-order valence-electron chi connectivity index (χ0n) is 21.9. The number of rotatable bonds is 8. The van der Waals surface area contributed by atoms with E-state index in [0.717, 1.165) is 24.0 Å². The van der Waals surface area contributed by atoms with E-state index in [1.54, 1.807) is 13.0 Å². The van der Waals surface area contributed by atoms with Gasteiger partial charge in [0.2, 0.25) is 21.8 Å². The van der Waals surface area contributed by atoms with E-state index in [4.69, 9.17) is 9.47 Å². The lowest BCUT2D eigenvalue weighted by Crippen LogP contribution is -2.40. The van der Waals surface area contributed by atoms with Gasteiger partial charge in [-0.05, 0) is 69.0 Å². The highest BCUT2D eigenvalue weighted by Gasteiger charge is 2.33. The van der Waals surface area contributed by atoms with Crippen LogP contribution < -0.4 is 10.1 Å². The summed E-state index contributed by atoms with van der Waals surface area (Å²) in [5, 5.41) is 16.9. The molecule has 2 aliphatic rings. The molecular weight excluding hydrogens is 524 g/mol. The van der Waals surface area contributed by atoms with Crippen LogP contribution in [0.25, 0.3) is 5.69 Å². The van der Waals surface area contributed by atoms with Crippen molar-refractivity contribution in [2.75, 3.05) is 31.6 Å². The van der Waals surface area contributed by atoms with Crippen LogP contribution in [-0.4, -0.2) is 65.8 Å². The topological polar surface area (TPSA) is 140 Å². The second-order valence-electron chi connectivity index (χ2n) is 9.83. The molecule has 1 aliphatic carbocycles. The summed E-state index contributed by atoms with van der Waals surface area (Å²) in [7, 11) is -4.06. The second-order valence-corrected chi connectivity index (χ2v) is 11.7. The Kier molecular flexibility index (Phi) is 7.19. The van der Waals surface area contributed by atoms with Gasteiger partial charge in [0.05, 0.1) is 18.9 Å². The van der Waals surface area contributed by atoms with E-state index in [1.165, 1.54) is 21.1 Å². The Labute approximate surface area is 226 Å². The number of ether oxygens (including phenoxy) is 2. The summed E-state index contributed by atoms with van der Waals surface area (Å²) in [6, 6.07) is 10.1. The van der Waals surface area contributed by atoms with E-state index in [2.05, 4.69) is 10.4 Å². The van der Waals surface area contributed by atoms with Crippen LogP contribution in [0.15, 0.2) is 41.3 Å². The third-order valence-corrected chi connectivity index (χ3v) is 8.74. The lowest BCUT2D eigenvalue weighted by atomic mass is 10.1. The number of nitrogens with zero attached hydrogens (tertiary/aromatic N) is 3. The SMILES string of the molecule is Cc1ccc(C)c(-n2nc(C(=O)O)c(C)c2Oc2ccc(NC(=O)C3CC3)cc2S(=O)(=O)N2CCOCC2)c1. The molecule has 206 valence electrons. The molecule has 0 bridgehead atoms. The summed E-state index contributed by atoms with van der Waals surface area (Å²) in [6.45, 7) is 6.18. The average molecular weight is 555 g/mol. The number of hydrogen-bond acceptors (Lipinski definition) is 7. The van der Waals surface area contributed by atoms with Gasteiger partial charge in [0.25, 0.3) is 0 Å². The zero-order chi connectivity index (χ0) is 27.9. The fourth-order valence-corrected chi connectivity index (χ4v) is 5.95. The number of aryl methyl sites for hydroxylation is 2. The Morgan fingerprint density at radius 1 is 1.08 bits per heavy atom. The largest absolute Gasteiger partial charge is 0.476 e. The molecule has 1 amide bonds. The highest BCUT2D eigenvalue weighted by atomic mass is 32.2. The first-order chi connectivity index (χ1) is 18.6. The van der Waals surface area contributed by atoms with Crippen LogP contribution in [0.4, 0.5) is 5.69 Å². The fraction of sp³-hybridized carbons (Fsp3) is 0.370. The Balaban J connectivity index is 1.63. The predicted molar refractivity (Wildman–Crippen MR) is 142 cm³/mol. The molecule has 2 N–H and O–H groups in total. The van der Waals surface area contributed by atoms with E-state index < -0.39 is 16.0 Å². The van der Waals surface area contributed by atoms with Crippen molar-refractivity contribution in [3.63, 3.8) is 0 Å². The first-order valence-corrected chi connectivity index (χ1v) is 14.1. The maximum absolute atomic E-state index is 13.8. The number of carbonyl (C=O) groups is 2. The Bertz CT molecular complexity index is 1550. The normalized spacial score (nSPS) is 16.2. The van der Waals surface area contributed by atoms with Gasteiger partial charge in [-0.25, -0.2) is 13.2 Å². The fourth-order valence-electron chi connectivity index (χ4n) is 4.41. The van der Waals surface area contributed by atoms with E-state index in [-0.39, 0.29) is 65.9 Å². The van der Waals surface area contributed by atoms with Gasteiger partial charge in [0.15, 0.2) is 5.69 Å². The highest BCUT2D eigenvalue weighted by Crippen LogP contribution is 2.38. The number of aromatic carboxylic acids is 1. The molecular formula is C27H30N4O7S. The van der Waals surface area contributed by atoms with Crippen molar-refractivity contribution in [3.05, 3.63) is 58.8 Å². The standard InChI is InChI=1S/C27H30N4O7S/c1-16-4-5-17(2)21(14-16)31-26(18(3)24(29-31)27(33)34)38-22-9-8-20(28-25(32)19-6-7-19)15-23(22)39(35,36)30-10-12-37-13-11-30/h4-5,8-9,14-15,19H,6-7,10-13H2,1-3H3,(H,28,32)(H,33,34). The van der Waals surface area contributed by atoms with Crippen LogP contribution >= 0.6 is 0 Å². The van der Waals surface area contributed by atoms with E-state index in [1.807, 2.05) is 32.0 Å². The lowest BCUT2D eigenvalue weighted by Gasteiger charge is -2.27. The van der Waals surface area contributed by atoms with Crippen molar-refractivity contribution in [2.24, 2.45) is 5.92 Å². The summed E-state index contributed by atoms with van der Waals surface area (Å²) >= 11 is 0. The summed E-state index contributed by atoms with van der Waals surface area (Å²) in [4.78, 5) is 24.2. The van der Waals surface area contributed by atoms with Gasteiger partial charge < -0.3 is 19.9 Å². The number of carboxylic acids is 1. The van der Waals surface area contributed by atoms with Crippen molar-refractivity contribution < 1.29 is 32.6 Å². The van der Waals surface area contributed by atoms with Crippen LogP contribution in [0.1, 0.15) is 40.0 Å². The van der Waals surface area contributed by atoms with Crippen LogP contribution in [0.3, 0.4) is 0 Å². The Morgan fingerprint density at radius 3 is 2.46 bits per heavy atom. The highest BCUT2D eigenvalue weighted by molar-refractivity contribution is 7.89. The van der Waals surface area contributed by atoms with Gasteiger partial charge in [-0.15, -0.1) is 0 Å². The van der Waals surface area contributed by atoms with Gasteiger partial charge >= 0.3 is 5.97 Å². The Hall–Kier alpha value is -3.74. The molecule has 1 aromatic heterocycles. The molecule has 2 heterocycles. The maximum Gasteiger partial charge on any atom is 0.356 e. The molecule has 2 fully saturated rings. The van der Waals surface area contributed by atoms with E-state index in [0.29, 0.717) is 11.4 Å². The van der Waals surface area contributed by atoms with Crippen LogP contribution in [0.5, 0.6) is 11.6 Å². The molecule has 12 heteroatoms. The first kappa shape index (κ1) is 26.9. The van der Waals surface area contributed by atoms with Crippen molar-refractivity contribution in [1.29, 1.82) is 0 Å². The summed E-state index contributed by atoms with van der Waals surface area (Å²) in [5.74, 6) is -1.40. The number of carboxylic acid groups (broad SMARTS) is 1. The second kappa shape index (κ2) is 10.4. The third kappa shape index (κ3) is 5.40. The molecule has 5 rings (SSSR count). The molecule has 0 spiro atoms. The minimum Gasteiger partial charge on any atom is -0.476 e. The van der Waals surface area contributed by atoms with E-state index >= 15 is 0 Å². The summed E-state index contributed by atoms with van der Waals surface area (Å²) < 4.78 is 41.9. The van der Waals surface area contributed by atoms with Crippen molar-refractivity contribution in [3.8, 4) is 17.3 Å². The van der Waals surface area contributed by atoms with Gasteiger partial charge in [0.1, 0.15) is 10.6 Å². The molecule has 0 radical (unpaired) electrons. The molecule has 0 unspecified atom stereocenters. The van der Waals surface area contributed by atoms with Gasteiger partial charge in [-0.1, -0.05) is 12.1 Å². The number of hydrogen-bond donors (Lipinski definition) is 2. The smallest absolute Gasteiger partial charge is 0.356 e. The molecule has 11 nitrogen and oxygen atoms in total. The molecule has 1 saturated carbocycles. The Morgan fingerprint density at radius 2 is 1.79 bits per heavy atom. The van der Waals surface area contributed by atoms with Crippen LogP contribution in [0, 0.1) is 26.7 Å². The van der Waals surface area contributed by atoms with Crippen molar-refractivity contribution >= 4 is 27.6 Å². The quantitative estimate of drug-likeness (QED) is 0.430. The molecule has 0 atom stereocenters. The van der Waals surface area contributed by atoms with Gasteiger partial charge in [-0.3, -0.25) is 4.79 Å². The average Bonchev–Trinajstić information content (AvgIpc) is 3.71. The minimum absolute atomic E-state index is 0.0163. The number of sulfonamides is 1. The number of carbonyl (C=O) groups excluding carboxylic acids is 1. The number of amides is 1. The number of aromatic nitrogens is 2. The number of anilines is 1. The molecule has 1 aliphatic heterocycles. The molecule has 1 saturated heterocycles. The van der Waals surface area contributed by atoms with E-state index in [9.17, 15) is 23.1 Å². The number of morpholine rings is 1. The molecule has 3 aromatic rings. The van der Waals surface area contributed by atoms with Crippen LogP contribution in [-0.2, 0) is 19.6 Å². The summed E-state index contributed by atoms with van der Waals surface area (Å²) in [6.07, 6.45) is 1.61. The lowest BCUT2D eigenvalue weighted by molar-refractivity contribution is -0.117. The zero-order valence-corrected chi connectivity index (χ0v) is 22.7. The number of nitrogens with one attached hydrogen (secondary N) is 1. The predicted octanol–water partition coefficient (Wildman–Crippen LogP) is 3.66. The number of benzene rings is 2.